The van der Waals surface area contributed by atoms with Crippen molar-refractivity contribution < 1.29 is 58.6 Å². The molecule has 4 N–H and O–H groups in total. The monoisotopic (exact) mass is 638 g/mol. The van der Waals surface area contributed by atoms with E-state index >= 15 is 0 Å². The maximum absolute atomic E-state index is 10.9. The van der Waals surface area contributed by atoms with Gasteiger partial charge in [-0.05, 0) is 74.2 Å². The van der Waals surface area contributed by atoms with Crippen molar-refractivity contribution in [3.63, 3.8) is 0 Å². The summed E-state index contributed by atoms with van der Waals surface area (Å²) in [5.74, 6) is -1.90. The third-order valence-corrected chi connectivity index (χ3v) is 5.50. The van der Waals surface area contributed by atoms with Crippen LogP contribution in [0.5, 0.6) is 23.0 Å². The summed E-state index contributed by atoms with van der Waals surface area (Å²) in [6.45, 7) is 7.92. The maximum atomic E-state index is 10.9. The van der Waals surface area contributed by atoms with Gasteiger partial charge in [0.25, 0.3) is 0 Å². The molecule has 0 aliphatic rings. The fraction of sp³-hybridized carbons (Fsp3) is 0.235. The van der Waals surface area contributed by atoms with E-state index in [-0.39, 0.29) is 22.6 Å². The van der Waals surface area contributed by atoms with E-state index in [1.165, 1.54) is 36.4 Å². The van der Waals surface area contributed by atoms with Gasteiger partial charge >= 0.3 is 23.9 Å². The van der Waals surface area contributed by atoms with Crippen LogP contribution in [0, 0.1) is 0 Å². The van der Waals surface area contributed by atoms with Gasteiger partial charge in [0.1, 0.15) is 34.1 Å². The molecule has 246 valence electrons. The van der Waals surface area contributed by atoms with E-state index in [9.17, 15) is 19.2 Å². The van der Waals surface area contributed by atoms with E-state index < -0.39 is 23.9 Å². The topological polar surface area (TPSA) is 186 Å². The first-order chi connectivity index (χ1) is 22.1. The van der Waals surface area contributed by atoms with Crippen LogP contribution in [0.15, 0.2) is 98.1 Å². The highest BCUT2D eigenvalue weighted by Gasteiger charge is 2.10. The lowest BCUT2D eigenvalue weighted by atomic mass is 10.2. The number of benzene rings is 3. The summed E-state index contributed by atoms with van der Waals surface area (Å²) in [5.41, 5.74) is 0.279. The van der Waals surface area contributed by atoms with E-state index in [0.717, 1.165) is 12.2 Å². The van der Waals surface area contributed by atoms with Gasteiger partial charge in [-0.2, -0.15) is 0 Å². The van der Waals surface area contributed by atoms with Gasteiger partial charge in [0.15, 0.2) is 0 Å². The molecule has 46 heavy (non-hydrogen) atoms. The normalized spacial score (nSPS) is 9.57. The molecule has 0 saturated carbocycles. The molecule has 0 saturated heterocycles. The highest BCUT2D eigenvalue weighted by atomic mass is 16.5. The lowest BCUT2D eigenvalue weighted by molar-refractivity contribution is -0.138. The molecule has 0 aliphatic carbocycles. The Balaban J connectivity index is 0.000000372. The second kappa shape index (κ2) is 22.7. The van der Waals surface area contributed by atoms with Crippen molar-refractivity contribution in [1.29, 1.82) is 0 Å². The summed E-state index contributed by atoms with van der Waals surface area (Å²) < 4.78 is 20.4. The smallest absolute Gasteiger partial charge is 0.339 e. The number of phenols is 2. The molecule has 12 heteroatoms. The third kappa shape index (κ3) is 16.8. The van der Waals surface area contributed by atoms with Crippen molar-refractivity contribution in [1.82, 2.24) is 0 Å². The molecule has 3 aromatic carbocycles. The first-order valence-electron chi connectivity index (χ1n) is 14.1. The fourth-order valence-corrected chi connectivity index (χ4v) is 3.23. The van der Waals surface area contributed by atoms with Crippen molar-refractivity contribution in [3.05, 3.63) is 109 Å². The second-order valence-electron chi connectivity index (χ2n) is 8.97. The van der Waals surface area contributed by atoms with Gasteiger partial charge in [-0.25, -0.2) is 19.2 Å². The third-order valence-electron chi connectivity index (χ3n) is 5.50. The number of rotatable bonds is 16. The molecule has 3 aromatic rings. The number of carboxylic acid groups (broad SMARTS) is 2. The van der Waals surface area contributed by atoms with Crippen LogP contribution in [-0.4, -0.2) is 70.7 Å². The van der Waals surface area contributed by atoms with E-state index in [1.807, 2.05) is 0 Å². The largest absolute Gasteiger partial charge is 0.508 e. The van der Waals surface area contributed by atoms with Gasteiger partial charge in [0.05, 0.1) is 26.4 Å². The Morgan fingerprint density at radius 1 is 0.543 bits per heavy atom. The van der Waals surface area contributed by atoms with Crippen LogP contribution in [-0.2, 0) is 19.1 Å². The van der Waals surface area contributed by atoms with E-state index in [1.54, 1.807) is 36.4 Å². The van der Waals surface area contributed by atoms with Crippen LogP contribution >= 0.6 is 0 Å². The number of carbonyl (C=O) groups is 4. The Labute approximate surface area is 266 Å². The average Bonchev–Trinajstić information content (AvgIpc) is 3.06. The van der Waals surface area contributed by atoms with Crippen molar-refractivity contribution in [2.24, 2.45) is 0 Å². The van der Waals surface area contributed by atoms with Crippen molar-refractivity contribution >= 4 is 23.9 Å². The molecular weight excluding hydrogens is 600 g/mol. The Morgan fingerprint density at radius 2 is 0.870 bits per heavy atom. The highest BCUT2D eigenvalue weighted by Crippen LogP contribution is 2.19. The number of para-hydroxylation sites is 2. The van der Waals surface area contributed by atoms with Crippen LogP contribution in [0.2, 0.25) is 0 Å². The number of hydrogen-bond acceptors (Lipinski definition) is 10. The van der Waals surface area contributed by atoms with Gasteiger partial charge in [-0.1, -0.05) is 37.4 Å². The number of hydrogen-bond donors (Lipinski definition) is 4. The van der Waals surface area contributed by atoms with Crippen LogP contribution in [0.1, 0.15) is 46.4 Å². The Morgan fingerprint density at radius 3 is 1.20 bits per heavy atom. The Bertz CT molecular complexity index is 1290. The van der Waals surface area contributed by atoms with Crippen LogP contribution in [0.25, 0.3) is 0 Å². The minimum Gasteiger partial charge on any atom is -0.508 e. The number of aromatic hydroxyl groups is 2. The van der Waals surface area contributed by atoms with Crippen molar-refractivity contribution in [2.45, 2.75) is 25.7 Å². The highest BCUT2D eigenvalue weighted by molar-refractivity contribution is 5.91. The summed E-state index contributed by atoms with van der Waals surface area (Å²) in [6, 6.07) is 18.6. The molecule has 0 heterocycles. The minimum atomic E-state index is -1.02. The predicted molar refractivity (Wildman–Crippen MR) is 168 cm³/mol. The maximum Gasteiger partial charge on any atom is 0.339 e. The molecule has 0 aromatic heterocycles. The molecule has 0 aliphatic heterocycles. The molecule has 0 atom stereocenters. The molecule has 0 amide bonds. The van der Waals surface area contributed by atoms with E-state index in [2.05, 4.69) is 13.2 Å². The van der Waals surface area contributed by atoms with E-state index in [4.69, 9.17) is 39.4 Å². The van der Waals surface area contributed by atoms with Gasteiger partial charge < -0.3 is 39.4 Å². The first-order valence-corrected chi connectivity index (χ1v) is 14.1. The lowest BCUT2D eigenvalue weighted by Crippen LogP contribution is -2.06. The van der Waals surface area contributed by atoms with Crippen LogP contribution in [0.4, 0.5) is 0 Å². The number of aromatic carboxylic acids is 2. The first kappa shape index (κ1) is 38.2. The summed E-state index contributed by atoms with van der Waals surface area (Å²) >= 11 is 0. The Hall–Kier alpha value is -5.78. The van der Waals surface area contributed by atoms with Gasteiger partial charge in [-0.15, -0.1) is 0 Å². The summed E-state index contributed by atoms with van der Waals surface area (Å²) in [7, 11) is 0. The quantitative estimate of drug-likeness (QED) is 0.0655. The number of carbonyl (C=O) groups excluding carboxylic acids is 2. The molecule has 0 bridgehead atoms. The fourth-order valence-electron chi connectivity index (χ4n) is 3.23. The molecule has 0 unspecified atom stereocenters. The molecule has 12 nitrogen and oxygen atoms in total. The van der Waals surface area contributed by atoms with Crippen molar-refractivity contribution in [2.75, 3.05) is 26.4 Å². The number of unbranched alkanes of at least 4 members (excludes halogenated alkanes) is 2. The SMILES string of the molecule is C=CC(=O)OCCCCOc1ccccc1C(=O)O.C=CC(=O)OCCCCOc1ccccc1C(=O)O.Oc1ccc(O)cc1. The van der Waals surface area contributed by atoms with Crippen LogP contribution in [0.3, 0.4) is 0 Å². The minimum absolute atomic E-state index is 0.139. The molecule has 0 radical (unpaired) electrons. The van der Waals surface area contributed by atoms with Gasteiger partial charge in [0, 0.05) is 12.2 Å². The average molecular weight is 639 g/mol. The lowest BCUT2D eigenvalue weighted by Gasteiger charge is -2.08. The van der Waals surface area contributed by atoms with Gasteiger partial charge in [-0.3, -0.25) is 0 Å². The number of esters is 2. The van der Waals surface area contributed by atoms with E-state index in [0.29, 0.717) is 63.6 Å². The summed E-state index contributed by atoms with van der Waals surface area (Å²) in [6.07, 6.45) is 4.85. The molecular formula is C34H38O12. The zero-order valence-electron chi connectivity index (χ0n) is 25.2. The summed E-state index contributed by atoms with van der Waals surface area (Å²) in [4.78, 5) is 43.3. The number of ether oxygens (including phenoxy) is 4. The van der Waals surface area contributed by atoms with Crippen LogP contribution < -0.4 is 9.47 Å². The number of phenolic OH excluding ortho intramolecular Hbond substituents is 2. The predicted octanol–water partition coefficient (Wildman–Crippen LogP) is 5.64. The zero-order chi connectivity index (χ0) is 34.2. The number of carboxylic acids is 2. The second-order valence-corrected chi connectivity index (χ2v) is 8.97. The van der Waals surface area contributed by atoms with Gasteiger partial charge in [0.2, 0.25) is 0 Å². The summed E-state index contributed by atoms with van der Waals surface area (Å²) in [5, 5.41) is 35.2. The molecule has 3 rings (SSSR count). The molecule has 0 fully saturated rings. The zero-order valence-corrected chi connectivity index (χ0v) is 25.2. The standard InChI is InChI=1S/2C14H16O5.C6H6O2/c2*1-2-13(15)19-10-6-5-9-18-12-8-4-3-7-11(12)14(16)17;7-5-1-2-6(8)4-3-5/h2*2-4,7-8H,1,5-6,9-10H2,(H,16,17);1-4,7-8H. The molecule has 0 spiro atoms. The van der Waals surface area contributed by atoms with Crippen molar-refractivity contribution in [3.8, 4) is 23.0 Å². The Kier molecular flexibility index (Phi) is 18.9.